The number of rotatable bonds is 4. The number of hydrogen-bond acceptors (Lipinski definition) is 7. The predicted molar refractivity (Wildman–Crippen MR) is 91.1 cm³/mol. The number of anilines is 1. The van der Waals surface area contributed by atoms with E-state index < -0.39 is 4.92 Å². The van der Waals surface area contributed by atoms with Gasteiger partial charge in [-0.05, 0) is 6.07 Å². The quantitative estimate of drug-likeness (QED) is 0.650. The van der Waals surface area contributed by atoms with Crippen molar-refractivity contribution in [2.24, 2.45) is 0 Å². The summed E-state index contributed by atoms with van der Waals surface area (Å²) in [4.78, 5) is 29.0. The van der Waals surface area contributed by atoms with E-state index in [1.54, 1.807) is 6.07 Å². The summed E-state index contributed by atoms with van der Waals surface area (Å²) in [7, 11) is 0. The molecule has 1 saturated heterocycles. The average molecular weight is 338 g/mol. The fraction of sp³-hybridized carbons (Fsp3) is 0.385. The molecule has 0 radical (unpaired) electrons. The monoisotopic (exact) mass is 338 g/mol. The van der Waals surface area contributed by atoms with Crippen molar-refractivity contribution >= 4 is 45.8 Å². The van der Waals surface area contributed by atoms with Crippen LogP contribution in [0.1, 0.15) is 0 Å². The largest absolute Gasteiger partial charge is 0.378 e. The lowest BCUT2D eigenvalue weighted by Crippen LogP contribution is -2.23. The second kappa shape index (κ2) is 6.57. The minimum Gasteiger partial charge on any atom is -0.378 e. The van der Waals surface area contributed by atoms with Gasteiger partial charge in [0.1, 0.15) is 5.69 Å². The fourth-order valence-electron chi connectivity index (χ4n) is 2.27. The van der Waals surface area contributed by atoms with Gasteiger partial charge in [-0.3, -0.25) is 14.9 Å². The summed E-state index contributed by atoms with van der Waals surface area (Å²) in [6.07, 6.45) is 1.30. The van der Waals surface area contributed by atoms with Crippen LogP contribution in [-0.2, 0) is 0 Å². The van der Waals surface area contributed by atoms with E-state index in [9.17, 15) is 14.9 Å². The number of nitrogens with one attached hydrogen (secondary N) is 2. The van der Waals surface area contributed by atoms with Crippen LogP contribution in [0.3, 0.4) is 0 Å². The Morgan fingerprint density at radius 1 is 1.45 bits per heavy atom. The lowest BCUT2D eigenvalue weighted by atomic mass is 10.2. The normalized spacial score (nSPS) is 18.3. The summed E-state index contributed by atoms with van der Waals surface area (Å²) in [6, 6.07) is 2.86. The molecule has 1 fully saturated rings. The molecule has 0 saturated carbocycles. The van der Waals surface area contributed by atoms with E-state index in [1.165, 1.54) is 12.4 Å². The SMILES string of the molecule is O=c1[nH]cnc2cc(NCC3CSCCS3)c([N+](=O)[O-])cc12. The van der Waals surface area contributed by atoms with Crippen LogP contribution < -0.4 is 10.9 Å². The van der Waals surface area contributed by atoms with Gasteiger partial charge in [0, 0.05) is 35.1 Å². The molecule has 116 valence electrons. The maximum atomic E-state index is 11.7. The third-order valence-corrected chi connectivity index (χ3v) is 6.20. The van der Waals surface area contributed by atoms with E-state index in [2.05, 4.69) is 15.3 Å². The summed E-state index contributed by atoms with van der Waals surface area (Å²) in [5, 5.41) is 15.1. The van der Waals surface area contributed by atoms with Crippen LogP contribution in [0.2, 0.25) is 0 Å². The second-order valence-corrected chi connectivity index (χ2v) is 7.38. The molecule has 2 aromatic rings. The van der Waals surface area contributed by atoms with Crippen LogP contribution in [0, 0.1) is 10.1 Å². The number of thioether (sulfide) groups is 2. The number of benzene rings is 1. The maximum absolute atomic E-state index is 11.7. The Kier molecular flexibility index (Phi) is 4.53. The van der Waals surface area contributed by atoms with Gasteiger partial charge in [0.2, 0.25) is 0 Å². The molecule has 3 rings (SSSR count). The van der Waals surface area contributed by atoms with Crippen LogP contribution in [0.4, 0.5) is 11.4 Å². The van der Waals surface area contributed by atoms with E-state index in [4.69, 9.17) is 0 Å². The minimum atomic E-state index is -0.475. The highest BCUT2D eigenvalue weighted by atomic mass is 32.2. The number of H-pyrrole nitrogens is 1. The molecular weight excluding hydrogens is 324 g/mol. The summed E-state index contributed by atoms with van der Waals surface area (Å²) < 4.78 is 0. The minimum absolute atomic E-state index is 0.0977. The van der Waals surface area contributed by atoms with Crippen molar-refractivity contribution in [2.45, 2.75) is 5.25 Å². The first-order valence-electron chi connectivity index (χ1n) is 6.74. The van der Waals surface area contributed by atoms with Crippen LogP contribution in [0.5, 0.6) is 0 Å². The molecular formula is C13H14N4O3S2. The highest BCUT2D eigenvalue weighted by molar-refractivity contribution is 8.06. The van der Waals surface area contributed by atoms with Crippen LogP contribution >= 0.6 is 23.5 Å². The highest BCUT2D eigenvalue weighted by Crippen LogP contribution is 2.29. The van der Waals surface area contributed by atoms with Crippen molar-refractivity contribution in [1.29, 1.82) is 0 Å². The molecule has 0 amide bonds. The second-order valence-electron chi connectivity index (χ2n) is 4.82. The smallest absolute Gasteiger partial charge is 0.293 e. The van der Waals surface area contributed by atoms with Crippen molar-refractivity contribution in [1.82, 2.24) is 9.97 Å². The van der Waals surface area contributed by atoms with Gasteiger partial charge in [0.15, 0.2) is 0 Å². The van der Waals surface area contributed by atoms with Gasteiger partial charge in [0.25, 0.3) is 11.2 Å². The molecule has 1 atom stereocenters. The molecule has 7 nitrogen and oxygen atoms in total. The van der Waals surface area contributed by atoms with Crippen molar-refractivity contribution in [3.8, 4) is 0 Å². The average Bonchev–Trinajstić information content (AvgIpc) is 2.53. The van der Waals surface area contributed by atoms with E-state index in [0.717, 1.165) is 17.3 Å². The van der Waals surface area contributed by atoms with Gasteiger partial charge < -0.3 is 10.3 Å². The predicted octanol–water partition coefficient (Wildman–Crippen LogP) is 2.09. The number of aromatic amines is 1. The third-order valence-electron chi connectivity index (χ3n) is 3.36. The summed E-state index contributed by atoms with van der Waals surface area (Å²) in [5.74, 6) is 3.30. The van der Waals surface area contributed by atoms with Gasteiger partial charge in [0.05, 0.1) is 22.2 Å². The van der Waals surface area contributed by atoms with Crippen LogP contribution in [-0.4, -0.2) is 43.9 Å². The molecule has 0 spiro atoms. The zero-order valence-electron chi connectivity index (χ0n) is 11.6. The molecule has 1 aromatic carbocycles. The first kappa shape index (κ1) is 15.2. The van der Waals surface area contributed by atoms with Crippen LogP contribution in [0.15, 0.2) is 23.3 Å². The topological polar surface area (TPSA) is 101 Å². The molecule has 0 bridgehead atoms. The Bertz CT molecular complexity index is 759. The third kappa shape index (κ3) is 3.20. The van der Waals surface area contributed by atoms with Crippen molar-refractivity contribution < 1.29 is 4.92 Å². The fourth-order valence-corrected chi connectivity index (χ4v) is 4.89. The number of nitro benzene ring substituents is 1. The number of hydrogen-bond donors (Lipinski definition) is 2. The first-order valence-corrected chi connectivity index (χ1v) is 8.94. The molecule has 2 heterocycles. The number of aromatic nitrogens is 2. The number of nitro groups is 1. The molecule has 1 unspecified atom stereocenters. The number of fused-ring (bicyclic) bond motifs is 1. The molecule has 22 heavy (non-hydrogen) atoms. The number of nitrogens with zero attached hydrogens (tertiary/aromatic N) is 2. The van der Waals surface area contributed by atoms with Crippen LogP contribution in [0.25, 0.3) is 10.9 Å². The Balaban J connectivity index is 1.91. The Labute approximate surface area is 134 Å². The Morgan fingerprint density at radius 2 is 2.32 bits per heavy atom. The van der Waals surface area contributed by atoms with E-state index in [1.807, 2.05) is 23.5 Å². The highest BCUT2D eigenvalue weighted by Gasteiger charge is 2.19. The lowest BCUT2D eigenvalue weighted by molar-refractivity contribution is -0.383. The Hall–Kier alpha value is -1.74. The van der Waals surface area contributed by atoms with Gasteiger partial charge in [-0.25, -0.2) is 4.98 Å². The summed E-state index contributed by atoms with van der Waals surface area (Å²) in [6.45, 7) is 0.660. The van der Waals surface area contributed by atoms with Crippen molar-refractivity contribution in [3.05, 3.63) is 38.9 Å². The first-order chi connectivity index (χ1) is 10.6. The van der Waals surface area contributed by atoms with E-state index in [0.29, 0.717) is 23.0 Å². The standard InChI is InChI=1S/C13H14N4O3S2/c18-13-9-3-12(17(19)20)11(4-10(9)15-7-16-13)14-5-8-6-21-1-2-22-8/h3-4,7-8,14H,1-2,5-6H2,(H,15,16,18). The Morgan fingerprint density at radius 3 is 3.05 bits per heavy atom. The zero-order chi connectivity index (χ0) is 15.5. The molecule has 1 aliphatic heterocycles. The maximum Gasteiger partial charge on any atom is 0.293 e. The molecule has 1 aromatic heterocycles. The van der Waals surface area contributed by atoms with Gasteiger partial charge in [-0.2, -0.15) is 23.5 Å². The summed E-state index contributed by atoms with van der Waals surface area (Å²) >= 11 is 3.78. The van der Waals surface area contributed by atoms with E-state index >= 15 is 0 Å². The zero-order valence-corrected chi connectivity index (χ0v) is 13.2. The van der Waals surface area contributed by atoms with Gasteiger partial charge in [-0.15, -0.1) is 0 Å². The van der Waals surface area contributed by atoms with Crippen molar-refractivity contribution in [3.63, 3.8) is 0 Å². The lowest BCUT2D eigenvalue weighted by Gasteiger charge is -2.21. The van der Waals surface area contributed by atoms with E-state index in [-0.39, 0.29) is 16.6 Å². The summed E-state index contributed by atoms with van der Waals surface area (Å²) in [5.41, 5.74) is 0.382. The molecule has 2 N–H and O–H groups in total. The van der Waals surface area contributed by atoms with Gasteiger partial charge >= 0.3 is 0 Å². The molecule has 9 heteroatoms. The molecule has 1 aliphatic rings. The van der Waals surface area contributed by atoms with Gasteiger partial charge in [-0.1, -0.05) is 0 Å². The molecule has 0 aliphatic carbocycles. The van der Waals surface area contributed by atoms with Crippen molar-refractivity contribution in [2.75, 3.05) is 29.1 Å².